The zero-order chi connectivity index (χ0) is 25.8. The number of carbonyl (C=O) groups excluding carboxylic acids is 1. The smallest absolute Gasteiger partial charge is 0.172 e. The number of aromatic hydroxyl groups is 1. The summed E-state index contributed by atoms with van der Waals surface area (Å²) in [6.45, 7) is 0.288. The lowest BCUT2D eigenvalue weighted by Gasteiger charge is -2.14. The number of phenols is 1. The molecule has 6 nitrogen and oxygen atoms in total. The highest BCUT2D eigenvalue weighted by atomic mass is 16.5. The number of hydrogen-bond donors (Lipinski definition) is 2. The van der Waals surface area contributed by atoms with E-state index >= 15 is 0 Å². The van der Waals surface area contributed by atoms with Gasteiger partial charge in [0, 0.05) is 6.42 Å². The molecule has 3 aromatic carbocycles. The van der Waals surface area contributed by atoms with Gasteiger partial charge in [-0.05, 0) is 54.7 Å². The highest BCUT2D eigenvalue weighted by Gasteiger charge is 2.20. The van der Waals surface area contributed by atoms with Gasteiger partial charge in [0.1, 0.15) is 23.7 Å². The maximum absolute atomic E-state index is 12.9. The Bertz CT molecular complexity index is 1100. The predicted molar refractivity (Wildman–Crippen MR) is 140 cm³/mol. The Morgan fingerprint density at radius 1 is 0.806 bits per heavy atom. The van der Waals surface area contributed by atoms with Crippen LogP contribution in [0.1, 0.15) is 60.0 Å². The monoisotopic (exact) mass is 492 g/mol. The molecule has 0 saturated carbocycles. The van der Waals surface area contributed by atoms with Crippen LogP contribution in [0, 0.1) is 0 Å². The van der Waals surface area contributed by atoms with Crippen molar-refractivity contribution < 1.29 is 29.2 Å². The Balaban J connectivity index is 1.41. The van der Waals surface area contributed by atoms with E-state index in [-0.39, 0.29) is 30.1 Å². The van der Waals surface area contributed by atoms with Gasteiger partial charge in [-0.3, -0.25) is 4.79 Å². The van der Waals surface area contributed by atoms with Gasteiger partial charge in [0.05, 0.1) is 20.3 Å². The molecule has 2 N–H and O–H groups in total. The van der Waals surface area contributed by atoms with Crippen LogP contribution in [0.2, 0.25) is 0 Å². The van der Waals surface area contributed by atoms with E-state index in [1.165, 1.54) is 11.6 Å². The number of ketones is 1. The molecule has 0 fully saturated rings. The first-order valence-electron chi connectivity index (χ1n) is 12.4. The minimum atomic E-state index is -0.759. The normalized spacial score (nSPS) is 11.6. The molecule has 0 aromatic heterocycles. The third-order valence-electron chi connectivity index (χ3n) is 6.14. The van der Waals surface area contributed by atoms with Crippen LogP contribution in [0.3, 0.4) is 0 Å². The van der Waals surface area contributed by atoms with Crippen molar-refractivity contribution in [3.8, 4) is 23.0 Å². The fraction of sp³-hybridized carbons (Fsp3) is 0.367. The van der Waals surface area contributed by atoms with Gasteiger partial charge in [-0.25, -0.2) is 0 Å². The molecule has 0 aliphatic heterocycles. The molecular weight excluding hydrogens is 456 g/mol. The summed E-state index contributed by atoms with van der Waals surface area (Å²) in [6.07, 6.45) is 4.54. The molecule has 0 saturated heterocycles. The number of aliphatic hydroxyl groups excluding tert-OH is 1. The summed E-state index contributed by atoms with van der Waals surface area (Å²) >= 11 is 0. The van der Waals surface area contributed by atoms with Gasteiger partial charge in [0.25, 0.3) is 0 Å². The zero-order valence-electron chi connectivity index (χ0n) is 21.1. The molecule has 3 rings (SSSR count). The summed E-state index contributed by atoms with van der Waals surface area (Å²) in [5.74, 6) is 1.33. The van der Waals surface area contributed by atoms with E-state index in [0.717, 1.165) is 49.2 Å². The van der Waals surface area contributed by atoms with E-state index in [1.807, 2.05) is 48.5 Å². The number of aliphatic hydroxyl groups is 1. The molecule has 36 heavy (non-hydrogen) atoms. The van der Waals surface area contributed by atoms with Gasteiger partial charge in [-0.15, -0.1) is 0 Å². The van der Waals surface area contributed by atoms with Gasteiger partial charge < -0.3 is 24.4 Å². The fourth-order valence-corrected chi connectivity index (χ4v) is 4.17. The van der Waals surface area contributed by atoms with E-state index in [1.54, 1.807) is 26.4 Å². The van der Waals surface area contributed by atoms with Crippen LogP contribution in [-0.2, 0) is 13.0 Å². The zero-order valence-corrected chi connectivity index (χ0v) is 21.1. The standard InChI is InChI=1S/C30H36O6/c1-34-27-18-17-22(19-29(27)35-2)11-6-3-4-9-14-24(31)20-26(33)30-25(32)15-10-16-28(30)36-21-23-12-7-5-8-13-23/h5,7-8,10,12-13,15-19,24,31-32H,3-4,6,9,11,14,20-21H2,1-2H3. The molecule has 192 valence electrons. The Labute approximate surface area is 213 Å². The molecular formula is C30H36O6. The van der Waals surface area contributed by atoms with E-state index < -0.39 is 6.10 Å². The van der Waals surface area contributed by atoms with Crippen molar-refractivity contribution in [3.63, 3.8) is 0 Å². The second-order valence-corrected chi connectivity index (χ2v) is 8.85. The fourth-order valence-electron chi connectivity index (χ4n) is 4.17. The lowest BCUT2D eigenvalue weighted by atomic mass is 9.99. The molecule has 0 bridgehead atoms. The second-order valence-electron chi connectivity index (χ2n) is 8.85. The van der Waals surface area contributed by atoms with Gasteiger partial charge in [-0.2, -0.15) is 0 Å². The first kappa shape index (κ1) is 27.1. The number of benzene rings is 3. The molecule has 1 atom stereocenters. The number of Topliss-reactive ketones (excluding diaryl/α,β-unsaturated/α-hetero) is 1. The van der Waals surface area contributed by atoms with Crippen molar-refractivity contribution in [2.45, 2.75) is 57.7 Å². The van der Waals surface area contributed by atoms with Crippen molar-refractivity contribution in [3.05, 3.63) is 83.4 Å². The maximum Gasteiger partial charge on any atom is 0.172 e. The maximum atomic E-state index is 12.9. The van der Waals surface area contributed by atoms with E-state index in [2.05, 4.69) is 0 Å². The molecule has 0 aliphatic carbocycles. The van der Waals surface area contributed by atoms with Crippen molar-refractivity contribution >= 4 is 5.78 Å². The van der Waals surface area contributed by atoms with E-state index in [9.17, 15) is 15.0 Å². The quantitative estimate of drug-likeness (QED) is 0.197. The van der Waals surface area contributed by atoms with Gasteiger partial charge in [0.15, 0.2) is 17.3 Å². The van der Waals surface area contributed by atoms with Crippen molar-refractivity contribution in [1.29, 1.82) is 0 Å². The minimum Gasteiger partial charge on any atom is -0.507 e. The number of phenolic OH excluding ortho intramolecular Hbond substituents is 1. The van der Waals surface area contributed by atoms with Crippen LogP contribution in [-0.4, -0.2) is 36.3 Å². The summed E-state index contributed by atoms with van der Waals surface area (Å²) in [7, 11) is 3.26. The minimum absolute atomic E-state index is 0.0507. The summed E-state index contributed by atoms with van der Waals surface area (Å²) < 4.78 is 16.5. The van der Waals surface area contributed by atoms with Crippen LogP contribution in [0.4, 0.5) is 0 Å². The summed E-state index contributed by atoms with van der Waals surface area (Å²) in [5, 5.41) is 20.7. The first-order valence-corrected chi connectivity index (χ1v) is 12.4. The number of carbonyl (C=O) groups is 1. The number of ether oxygens (including phenoxy) is 3. The topological polar surface area (TPSA) is 85.2 Å². The van der Waals surface area contributed by atoms with Crippen LogP contribution in [0.5, 0.6) is 23.0 Å². The Morgan fingerprint density at radius 2 is 1.56 bits per heavy atom. The molecule has 0 spiro atoms. The average molecular weight is 493 g/mol. The third-order valence-corrected chi connectivity index (χ3v) is 6.14. The molecule has 0 aliphatic rings. The Hall–Kier alpha value is -3.51. The molecule has 6 heteroatoms. The first-order chi connectivity index (χ1) is 17.5. The summed E-state index contributed by atoms with van der Waals surface area (Å²) in [5.41, 5.74) is 2.29. The molecule has 0 amide bonds. The van der Waals surface area contributed by atoms with Crippen LogP contribution in [0.15, 0.2) is 66.7 Å². The van der Waals surface area contributed by atoms with E-state index in [0.29, 0.717) is 12.2 Å². The van der Waals surface area contributed by atoms with Crippen molar-refractivity contribution in [2.75, 3.05) is 14.2 Å². The van der Waals surface area contributed by atoms with Gasteiger partial charge in [0.2, 0.25) is 0 Å². The molecule has 0 radical (unpaired) electrons. The van der Waals surface area contributed by atoms with Gasteiger partial charge >= 0.3 is 0 Å². The van der Waals surface area contributed by atoms with Crippen LogP contribution in [0.25, 0.3) is 0 Å². The summed E-state index contributed by atoms with van der Waals surface area (Å²) in [6, 6.07) is 20.4. The number of aryl methyl sites for hydroxylation is 1. The predicted octanol–water partition coefficient (Wildman–Crippen LogP) is 6.12. The number of rotatable bonds is 15. The highest BCUT2D eigenvalue weighted by molar-refractivity contribution is 6.01. The van der Waals surface area contributed by atoms with Crippen molar-refractivity contribution in [2.24, 2.45) is 0 Å². The Morgan fingerprint density at radius 3 is 2.31 bits per heavy atom. The summed E-state index contributed by atoms with van der Waals surface area (Å²) in [4.78, 5) is 12.9. The Kier molecular flexibility index (Phi) is 10.6. The molecule has 0 heterocycles. The van der Waals surface area contributed by atoms with Crippen molar-refractivity contribution in [1.82, 2.24) is 0 Å². The van der Waals surface area contributed by atoms with Crippen LogP contribution >= 0.6 is 0 Å². The number of unbranched alkanes of at least 4 members (excludes halogenated alkanes) is 3. The highest BCUT2D eigenvalue weighted by Crippen LogP contribution is 2.31. The van der Waals surface area contributed by atoms with E-state index in [4.69, 9.17) is 14.2 Å². The van der Waals surface area contributed by atoms with Gasteiger partial charge in [-0.1, -0.05) is 61.7 Å². The lowest BCUT2D eigenvalue weighted by Crippen LogP contribution is -2.15. The largest absolute Gasteiger partial charge is 0.507 e. The molecule has 3 aromatic rings. The lowest BCUT2D eigenvalue weighted by molar-refractivity contribution is 0.0857. The number of methoxy groups -OCH3 is 2. The van der Waals surface area contributed by atoms with Crippen LogP contribution < -0.4 is 14.2 Å². The average Bonchev–Trinajstić information content (AvgIpc) is 2.89. The number of hydrogen-bond acceptors (Lipinski definition) is 6. The SMILES string of the molecule is COc1ccc(CCCCCCC(O)CC(=O)c2c(O)cccc2OCc2ccccc2)cc1OC. The molecule has 1 unspecified atom stereocenters. The third kappa shape index (κ3) is 8.02. The second kappa shape index (κ2) is 14.1.